The third-order valence-corrected chi connectivity index (χ3v) is 7.13. The van der Waals surface area contributed by atoms with E-state index in [9.17, 15) is 13.2 Å². The minimum absolute atomic E-state index is 0.0589. The summed E-state index contributed by atoms with van der Waals surface area (Å²) in [6, 6.07) is 17.6. The number of sulfonamides is 1. The second-order valence-electron chi connectivity index (χ2n) is 7.24. The fraction of sp³-hybridized carbons (Fsp3) is 0.227. The summed E-state index contributed by atoms with van der Waals surface area (Å²) in [5, 5.41) is 2.01. The zero-order valence-corrected chi connectivity index (χ0v) is 17.7. The Morgan fingerprint density at radius 3 is 2.34 bits per heavy atom. The van der Waals surface area contributed by atoms with Gasteiger partial charge < -0.3 is 4.90 Å². The van der Waals surface area contributed by atoms with Crippen LogP contribution in [0.5, 0.6) is 0 Å². The molecule has 3 aromatic rings. The van der Waals surface area contributed by atoms with Crippen molar-refractivity contribution in [2.24, 2.45) is 0 Å². The van der Waals surface area contributed by atoms with Crippen molar-refractivity contribution in [2.75, 3.05) is 4.72 Å². The van der Waals surface area contributed by atoms with Gasteiger partial charge in [0.25, 0.3) is 15.9 Å². The van der Waals surface area contributed by atoms with Crippen molar-refractivity contribution in [3.8, 4) is 0 Å². The van der Waals surface area contributed by atoms with Gasteiger partial charge in [-0.2, -0.15) is 0 Å². The van der Waals surface area contributed by atoms with Gasteiger partial charge in [0.15, 0.2) is 0 Å². The van der Waals surface area contributed by atoms with Gasteiger partial charge in [-0.25, -0.2) is 8.42 Å². The molecule has 1 fully saturated rings. The lowest BCUT2D eigenvalue weighted by atomic mass is 10.2. The van der Waals surface area contributed by atoms with Crippen molar-refractivity contribution in [1.29, 1.82) is 0 Å². The first-order valence-electron chi connectivity index (χ1n) is 9.45. The number of carbonyl (C=O) groups excluding carboxylic acids is 1. The number of nitrogens with one attached hydrogen (secondary N) is 1. The number of anilines is 1. The van der Waals surface area contributed by atoms with Crippen molar-refractivity contribution < 1.29 is 13.2 Å². The minimum atomic E-state index is -3.71. The Hall–Kier alpha value is -2.64. The molecule has 7 heteroatoms. The van der Waals surface area contributed by atoms with E-state index < -0.39 is 10.0 Å². The van der Waals surface area contributed by atoms with Gasteiger partial charge in [0.2, 0.25) is 0 Å². The number of benzene rings is 2. The highest BCUT2D eigenvalue weighted by atomic mass is 32.2. The fourth-order valence-electron chi connectivity index (χ4n) is 3.10. The fourth-order valence-corrected chi connectivity index (χ4v) is 4.86. The molecule has 0 atom stereocenters. The maximum atomic E-state index is 13.0. The molecule has 1 aromatic heterocycles. The van der Waals surface area contributed by atoms with Crippen molar-refractivity contribution in [3.05, 3.63) is 82.0 Å². The molecule has 0 unspecified atom stereocenters. The number of carbonyl (C=O) groups is 1. The largest absolute Gasteiger partial charge is 0.331 e. The van der Waals surface area contributed by atoms with Crippen LogP contribution in [-0.4, -0.2) is 25.3 Å². The number of aryl methyl sites for hydroxylation is 1. The third kappa shape index (κ3) is 4.68. The molecule has 1 heterocycles. The summed E-state index contributed by atoms with van der Waals surface area (Å²) >= 11 is 1.64. The van der Waals surface area contributed by atoms with Gasteiger partial charge >= 0.3 is 0 Å². The Bertz CT molecular complexity index is 1090. The Morgan fingerprint density at radius 1 is 1.07 bits per heavy atom. The summed E-state index contributed by atoms with van der Waals surface area (Å²) < 4.78 is 27.8. The molecule has 0 bridgehead atoms. The van der Waals surface area contributed by atoms with E-state index in [1.54, 1.807) is 35.6 Å². The number of amides is 1. The smallest absolute Gasteiger partial charge is 0.261 e. The van der Waals surface area contributed by atoms with Gasteiger partial charge in [-0.1, -0.05) is 23.8 Å². The average Bonchev–Trinajstić information content (AvgIpc) is 3.43. The molecule has 0 saturated heterocycles. The quantitative estimate of drug-likeness (QED) is 0.597. The number of hydrogen-bond donors (Lipinski definition) is 1. The highest BCUT2D eigenvalue weighted by Gasteiger charge is 2.33. The molecule has 1 N–H and O–H groups in total. The maximum absolute atomic E-state index is 13.0. The Balaban J connectivity index is 1.50. The summed E-state index contributed by atoms with van der Waals surface area (Å²) in [5.41, 5.74) is 2.06. The molecule has 150 valence electrons. The molecule has 2 aromatic carbocycles. The molecule has 5 nitrogen and oxygen atoms in total. The SMILES string of the molecule is Cc1ccc(NS(=O)(=O)c2ccc(C(=O)N(Cc3cccs3)C3CC3)cc2)cc1. The molecule has 1 aliphatic carbocycles. The number of thiophene rings is 1. The van der Waals surface area contributed by atoms with Gasteiger partial charge in [0.05, 0.1) is 11.4 Å². The van der Waals surface area contributed by atoms with Gasteiger partial charge in [-0.15, -0.1) is 11.3 Å². The monoisotopic (exact) mass is 426 g/mol. The van der Waals surface area contributed by atoms with Crippen LogP contribution in [0.2, 0.25) is 0 Å². The Labute approximate surface area is 175 Å². The van der Waals surface area contributed by atoms with E-state index in [2.05, 4.69) is 4.72 Å². The van der Waals surface area contributed by atoms with Crippen LogP contribution in [0.15, 0.2) is 70.9 Å². The lowest BCUT2D eigenvalue weighted by Crippen LogP contribution is -2.32. The van der Waals surface area contributed by atoms with Gasteiger partial charge in [0, 0.05) is 22.2 Å². The second kappa shape index (κ2) is 8.00. The van der Waals surface area contributed by atoms with Crippen LogP contribution in [-0.2, 0) is 16.6 Å². The summed E-state index contributed by atoms with van der Waals surface area (Å²) in [5.74, 6) is -0.0589. The van der Waals surface area contributed by atoms with Crippen LogP contribution in [0, 0.1) is 6.92 Å². The van der Waals surface area contributed by atoms with Crippen molar-refractivity contribution in [2.45, 2.75) is 37.2 Å². The first-order chi connectivity index (χ1) is 13.9. The standard InChI is InChI=1S/C22H22N2O3S2/c1-16-4-8-18(9-5-16)23-29(26,27)21-12-6-17(7-13-21)22(25)24(19-10-11-19)15-20-3-2-14-28-20/h2-9,12-14,19,23H,10-11,15H2,1H3. The van der Waals surface area contributed by atoms with Crippen molar-refractivity contribution >= 4 is 33.0 Å². The van der Waals surface area contributed by atoms with E-state index in [1.807, 2.05) is 41.5 Å². The third-order valence-electron chi connectivity index (χ3n) is 4.87. The number of hydrogen-bond acceptors (Lipinski definition) is 4. The second-order valence-corrected chi connectivity index (χ2v) is 9.95. The lowest BCUT2D eigenvalue weighted by Gasteiger charge is -2.22. The van der Waals surface area contributed by atoms with Crippen LogP contribution in [0.4, 0.5) is 5.69 Å². The van der Waals surface area contributed by atoms with E-state index in [0.717, 1.165) is 23.3 Å². The molecular formula is C22H22N2O3S2. The van der Waals surface area contributed by atoms with Gasteiger partial charge in [-0.3, -0.25) is 9.52 Å². The summed E-state index contributed by atoms with van der Waals surface area (Å²) in [6.45, 7) is 2.54. The van der Waals surface area contributed by atoms with E-state index >= 15 is 0 Å². The zero-order chi connectivity index (χ0) is 20.4. The van der Waals surface area contributed by atoms with E-state index in [1.165, 1.54) is 12.1 Å². The maximum Gasteiger partial charge on any atom is 0.261 e. The minimum Gasteiger partial charge on any atom is -0.331 e. The number of rotatable bonds is 7. The first-order valence-corrected chi connectivity index (χ1v) is 11.8. The molecule has 1 amide bonds. The first kappa shape index (κ1) is 19.7. The topological polar surface area (TPSA) is 66.5 Å². The van der Waals surface area contributed by atoms with Crippen LogP contribution >= 0.6 is 11.3 Å². The van der Waals surface area contributed by atoms with Gasteiger partial charge in [-0.05, 0) is 67.6 Å². The Kier molecular flexibility index (Phi) is 5.43. The van der Waals surface area contributed by atoms with Crippen LogP contribution in [0.1, 0.15) is 33.6 Å². The summed E-state index contributed by atoms with van der Waals surface area (Å²) in [7, 11) is -3.71. The van der Waals surface area contributed by atoms with Crippen LogP contribution in [0.3, 0.4) is 0 Å². The predicted molar refractivity (Wildman–Crippen MR) is 116 cm³/mol. The molecular weight excluding hydrogens is 404 g/mol. The lowest BCUT2D eigenvalue weighted by molar-refractivity contribution is 0.0731. The van der Waals surface area contributed by atoms with E-state index in [0.29, 0.717) is 17.8 Å². The average molecular weight is 427 g/mol. The van der Waals surface area contributed by atoms with E-state index in [-0.39, 0.29) is 16.8 Å². The number of nitrogens with zero attached hydrogens (tertiary/aromatic N) is 1. The Morgan fingerprint density at radius 2 is 1.76 bits per heavy atom. The summed E-state index contributed by atoms with van der Waals surface area (Å²) in [6.07, 6.45) is 2.04. The van der Waals surface area contributed by atoms with Crippen molar-refractivity contribution in [3.63, 3.8) is 0 Å². The molecule has 1 aliphatic rings. The molecule has 0 aliphatic heterocycles. The predicted octanol–water partition coefficient (Wildman–Crippen LogP) is 4.66. The summed E-state index contributed by atoms with van der Waals surface area (Å²) in [4.78, 5) is 16.2. The molecule has 29 heavy (non-hydrogen) atoms. The van der Waals surface area contributed by atoms with Crippen LogP contribution in [0.25, 0.3) is 0 Å². The highest BCUT2D eigenvalue weighted by molar-refractivity contribution is 7.92. The molecule has 1 saturated carbocycles. The molecule has 0 radical (unpaired) electrons. The van der Waals surface area contributed by atoms with Gasteiger partial charge in [0.1, 0.15) is 0 Å². The van der Waals surface area contributed by atoms with E-state index in [4.69, 9.17) is 0 Å². The highest BCUT2D eigenvalue weighted by Crippen LogP contribution is 2.31. The van der Waals surface area contributed by atoms with Crippen LogP contribution < -0.4 is 4.72 Å². The van der Waals surface area contributed by atoms with Crippen molar-refractivity contribution in [1.82, 2.24) is 4.90 Å². The molecule has 4 rings (SSSR count). The zero-order valence-electron chi connectivity index (χ0n) is 16.0. The molecule has 0 spiro atoms. The normalized spacial score (nSPS) is 13.8.